The highest BCUT2D eigenvalue weighted by Crippen LogP contribution is 2.54. The maximum Gasteiger partial charge on any atom is 0.252 e. The van der Waals surface area contributed by atoms with Crippen LogP contribution in [0.25, 0.3) is 43.6 Å². The van der Waals surface area contributed by atoms with E-state index in [0.717, 1.165) is 65.6 Å². The molecule has 1 unspecified atom stereocenters. The van der Waals surface area contributed by atoms with Crippen molar-refractivity contribution in [3.05, 3.63) is 59.7 Å². The van der Waals surface area contributed by atoms with Crippen LogP contribution < -0.4 is 5.32 Å². The minimum absolute atomic E-state index is 0.00925. The van der Waals surface area contributed by atoms with Gasteiger partial charge in [0.1, 0.15) is 12.3 Å². The van der Waals surface area contributed by atoms with Gasteiger partial charge in [0.25, 0.3) is 5.91 Å². The molecule has 1 N–H and O–H groups in total. The largest absolute Gasteiger partial charge is 0.370 e. The summed E-state index contributed by atoms with van der Waals surface area (Å²) < 4.78 is 19.1. The first-order valence-corrected chi connectivity index (χ1v) is 13.1. The third-order valence-electron chi connectivity index (χ3n) is 9.19. The molecule has 1 fully saturated rings. The zero-order chi connectivity index (χ0) is 25.4. The average molecular weight is 496 g/mol. The Labute approximate surface area is 214 Å². The van der Waals surface area contributed by atoms with E-state index in [4.69, 9.17) is 9.47 Å². The van der Waals surface area contributed by atoms with E-state index in [0.29, 0.717) is 6.54 Å². The quantitative estimate of drug-likeness (QED) is 0.357. The Morgan fingerprint density at radius 2 is 1.68 bits per heavy atom. The van der Waals surface area contributed by atoms with E-state index in [9.17, 15) is 4.79 Å². The second-order valence-corrected chi connectivity index (χ2v) is 11.9. The number of carbonyl (C=O) groups excluding carboxylic acids is 1. The van der Waals surface area contributed by atoms with Crippen LogP contribution in [0.2, 0.25) is 0 Å². The summed E-state index contributed by atoms with van der Waals surface area (Å²) in [5, 5.41) is 7.58. The molecular weight excluding hydrogens is 464 g/mol. The number of benzene rings is 3. The van der Waals surface area contributed by atoms with Gasteiger partial charge in [-0.1, -0.05) is 36.4 Å². The van der Waals surface area contributed by atoms with Gasteiger partial charge >= 0.3 is 0 Å². The Morgan fingerprint density at radius 1 is 1.00 bits per heavy atom. The molecule has 8 rings (SSSR count). The first-order chi connectivity index (χ1) is 17.8. The minimum Gasteiger partial charge on any atom is -0.370 e. The van der Waals surface area contributed by atoms with Crippen LogP contribution in [-0.4, -0.2) is 59.9 Å². The van der Waals surface area contributed by atoms with Crippen molar-refractivity contribution in [2.24, 2.45) is 0 Å². The van der Waals surface area contributed by atoms with Gasteiger partial charge in [-0.15, -0.1) is 0 Å². The van der Waals surface area contributed by atoms with E-state index in [-0.39, 0.29) is 24.3 Å². The van der Waals surface area contributed by atoms with Gasteiger partial charge in [0, 0.05) is 41.6 Å². The molecule has 0 saturated carbocycles. The second kappa shape index (κ2) is 6.72. The summed E-state index contributed by atoms with van der Waals surface area (Å²) in [5.74, 6) is 0.00925. The molecule has 4 atom stereocenters. The van der Waals surface area contributed by atoms with Gasteiger partial charge in [0.15, 0.2) is 11.8 Å². The Balaban J connectivity index is 1.69. The molecule has 1 amide bonds. The number of amides is 1. The van der Waals surface area contributed by atoms with Crippen molar-refractivity contribution >= 4 is 49.5 Å². The van der Waals surface area contributed by atoms with Gasteiger partial charge in [-0.05, 0) is 24.6 Å². The van der Waals surface area contributed by atoms with Crippen molar-refractivity contribution in [1.29, 1.82) is 0 Å². The standard InChI is InChI=1S/C30H30N4O3/c1-30-28(36-5)21(34(2,3)4)14-22(37-30)32-19-12-8-6-10-16(19)24-25-18(15-31-29(25)35)23-17-11-7-9-13-20(17)33(30)27(23)26(24)32/h6-13,21-22,28H,14-15H2,1-5H3/p+1/t21-,22?,28-,30+/m1/s1. The van der Waals surface area contributed by atoms with Gasteiger partial charge in [-0.25, -0.2) is 0 Å². The minimum atomic E-state index is -0.757. The number of rotatable bonds is 2. The average Bonchev–Trinajstić information content (AvgIpc) is 3.50. The number of para-hydroxylation sites is 2. The molecular formula is C30H31N4O3+. The molecule has 0 spiro atoms. The van der Waals surface area contributed by atoms with Crippen molar-refractivity contribution in [3.8, 4) is 0 Å². The zero-order valence-electron chi connectivity index (χ0n) is 21.8. The van der Waals surface area contributed by atoms with E-state index >= 15 is 0 Å². The SMILES string of the molecule is CO[C@@H]1[C@H]([N+](C)(C)C)CC2O[C@]1(C)n1c3ccccc3c3c4c(c5c6ccccc6n2c5c31)C(=O)NC4. The summed E-state index contributed by atoms with van der Waals surface area (Å²) >= 11 is 0. The van der Waals surface area contributed by atoms with Gasteiger partial charge in [0.2, 0.25) is 0 Å². The molecule has 1 saturated heterocycles. The number of nitrogens with zero attached hydrogens (tertiary/aromatic N) is 3. The van der Waals surface area contributed by atoms with Crippen LogP contribution in [0, 0.1) is 0 Å². The molecule has 5 aromatic rings. The third kappa shape index (κ3) is 2.41. The van der Waals surface area contributed by atoms with Crippen molar-refractivity contribution < 1.29 is 18.8 Å². The van der Waals surface area contributed by atoms with Crippen LogP contribution >= 0.6 is 0 Å². The fourth-order valence-corrected chi connectivity index (χ4v) is 7.75. The van der Waals surface area contributed by atoms with Gasteiger partial charge in [-0.3, -0.25) is 4.79 Å². The molecule has 3 aliphatic rings. The van der Waals surface area contributed by atoms with Crippen LogP contribution in [0.4, 0.5) is 0 Å². The molecule has 0 aliphatic carbocycles. The Kier molecular flexibility index (Phi) is 3.94. The van der Waals surface area contributed by atoms with Gasteiger partial charge < -0.3 is 28.4 Å². The number of carbonyl (C=O) groups is 1. The first-order valence-electron chi connectivity index (χ1n) is 13.1. The summed E-state index contributed by atoms with van der Waals surface area (Å²) in [4.78, 5) is 13.4. The van der Waals surface area contributed by atoms with Crippen molar-refractivity contribution in [3.63, 3.8) is 0 Å². The molecule has 0 radical (unpaired) electrons. The Hall–Kier alpha value is -3.39. The van der Waals surface area contributed by atoms with Crippen LogP contribution in [0.1, 0.15) is 35.5 Å². The number of quaternary nitrogens is 1. The van der Waals surface area contributed by atoms with E-state index < -0.39 is 5.72 Å². The summed E-state index contributed by atoms with van der Waals surface area (Å²) in [6.07, 6.45) is 0.422. The zero-order valence-corrected chi connectivity index (χ0v) is 21.8. The monoisotopic (exact) mass is 495 g/mol. The normalized spacial score (nSPS) is 26.9. The second-order valence-electron chi connectivity index (χ2n) is 11.9. The number of hydrogen-bond acceptors (Lipinski definition) is 3. The highest BCUT2D eigenvalue weighted by Gasteiger charge is 2.57. The fraction of sp³-hybridized carbons (Fsp3) is 0.367. The van der Waals surface area contributed by atoms with Gasteiger partial charge in [-0.2, -0.15) is 0 Å². The van der Waals surface area contributed by atoms with Crippen LogP contribution in [0.5, 0.6) is 0 Å². The first kappa shape index (κ1) is 21.7. The lowest BCUT2D eigenvalue weighted by Crippen LogP contribution is -2.64. The van der Waals surface area contributed by atoms with Crippen molar-refractivity contribution in [1.82, 2.24) is 14.5 Å². The van der Waals surface area contributed by atoms with E-state index in [1.54, 1.807) is 0 Å². The number of hydrogen-bond donors (Lipinski definition) is 1. The highest BCUT2D eigenvalue weighted by atomic mass is 16.6. The van der Waals surface area contributed by atoms with E-state index in [1.807, 2.05) is 7.11 Å². The molecule has 188 valence electrons. The maximum atomic E-state index is 13.4. The fourth-order valence-electron chi connectivity index (χ4n) is 7.75. The molecule has 5 heterocycles. The lowest BCUT2D eigenvalue weighted by atomic mass is 9.91. The topological polar surface area (TPSA) is 57.4 Å². The summed E-state index contributed by atoms with van der Waals surface area (Å²) in [5.41, 5.74) is 5.58. The third-order valence-corrected chi connectivity index (χ3v) is 9.19. The molecule has 2 aromatic heterocycles. The van der Waals surface area contributed by atoms with E-state index in [1.165, 1.54) is 0 Å². The number of aromatic nitrogens is 2. The predicted octanol–water partition coefficient (Wildman–Crippen LogP) is 4.84. The van der Waals surface area contributed by atoms with Crippen LogP contribution in [0.15, 0.2) is 48.5 Å². The molecule has 7 heteroatoms. The van der Waals surface area contributed by atoms with Gasteiger partial charge in [0.05, 0.1) is 48.8 Å². The molecule has 3 aromatic carbocycles. The summed E-state index contributed by atoms with van der Waals surface area (Å²) in [6.45, 7) is 2.73. The highest BCUT2D eigenvalue weighted by molar-refractivity contribution is 6.31. The lowest BCUT2D eigenvalue weighted by Gasteiger charge is -2.51. The Bertz CT molecular complexity index is 1820. The summed E-state index contributed by atoms with van der Waals surface area (Å²) in [6, 6.07) is 17.2. The molecule has 2 bridgehead atoms. The van der Waals surface area contributed by atoms with E-state index in [2.05, 4.69) is 91.0 Å². The van der Waals surface area contributed by atoms with Crippen LogP contribution in [0.3, 0.4) is 0 Å². The number of nitrogens with one attached hydrogen (secondary N) is 1. The molecule has 37 heavy (non-hydrogen) atoms. The van der Waals surface area contributed by atoms with Crippen LogP contribution in [-0.2, 0) is 21.7 Å². The maximum absolute atomic E-state index is 13.4. The smallest absolute Gasteiger partial charge is 0.252 e. The lowest BCUT2D eigenvalue weighted by molar-refractivity contribution is -0.904. The molecule has 3 aliphatic heterocycles. The predicted molar refractivity (Wildman–Crippen MR) is 145 cm³/mol. The van der Waals surface area contributed by atoms with Crippen molar-refractivity contribution in [2.75, 3.05) is 28.3 Å². The molecule has 7 nitrogen and oxygen atoms in total. The number of likely N-dealkylation sites (N-methyl/N-ethyl adjacent to an activating group) is 1. The Morgan fingerprint density at radius 3 is 2.38 bits per heavy atom. The number of fused-ring (bicyclic) bond motifs is 13. The number of methoxy groups -OCH3 is 1. The van der Waals surface area contributed by atoms with Crippen molar-refractivity contribution in [2.45, 2.75) is 44.0 Å². The number of ether oxygens (including phenoxy) is 2. The summed E-state index contributed by atoms with van der Waals surface area (Å²) in [7, 11) is 8.55.